The lowest BCUT2D eigenvalue weighted by atomic mass is 10.1. The highest BCUT2D eigenvalue weighted by Gasteiger charge is 2.31. The highest BCUT2D eigenvalue weighted by atomic mass is 35.5. The number of alkyl halides is 4. The zero-order valence-corrected chi connectivity index (χ0v) is 9.98. The van der Waals surface area contributed by atoms with Crippen molar-refractivity contribution in [1.29, 1.82) is 0 Å². The van der Waals surface area contributed by atoms with Crippen LogP contribution >= 0.6 is 11.6 Å². The van der Waals surface area contributed by atoms with Crippen LogP contribution in [0.5, 0.6) is 5.75 Å². The van der Waals surface area contributed by atoms with Crippen molar-refractivity contribution in [1.82, 2.24) is 0 Å². The maximum absolute atomic E-state index is 12.5. The van der Waals surface area contributed by atoms with Crippen molar-refractivity contribution in [3.05, 3.63) is 35.4 Å². The summed E-state index contributed by atoms with van der Waals surface area (Å²) in [5, 5.41) is 0. The van der Waals surface area contributed by atoms with Gasteiger partial charge >= 0.3 is 6.18 Å². The van der Waals surface area contributed by atoms with Crippen molar-refractivity contribution < 1.29 is 17.9 Å². The Balaban J connectivity index is 3.01. The van der Waals surface area contributed by atoms with Gasteiger partial charge in [-0.2, -0.15) is 13.2 Å². The molecule has 0 unspecified atom stereocenters. The average Bonchev–Trinajstić information content (AvgIpc) is 2.28. The van der Waals surface area contributed by atoms with Crippen LogP contribution in [-0.2, 0) is 6.18 Å². The Kier molecular flexibility index (Phi) is 4.87. The van der Waals surface area contributed by atoms with Crippen molar-refractivity contribution in [2.75, 3.05) is 13.0 Å². The third-order valence-electron chi connectivity index (χ3n) is 2.13. The molecule has 0 fully saturated rings. The van der Waals surface area contributed by atoms with Crippen molar-refractivity contribution in [2.45, 2.75) is 12.6 Å². The molecule has 0 heterocycles. The molecule has 0 bridgehead atoms. The van der Waals surface area contributed by atoms with Gasteiger partial charge in [0.2, 0.25) is 0 Å². The maximum atomic E-state index is 12.5. The van der Waals surface area contributed by atoms with E-state index in [0.29, 0.717) is 17.9 Å². The lowest BCUT2D eigenvalue weighted by molar-refractivity contribution is -0.137. The summed E-state index contributed by atoms with van der Waals surface area (Å²) >= 11 is 5.50. The Morgan fingerprint density at radius 1 is 1.35 bits per heavy atom. The summed E-state index contributed by atoms with van der Waals surface area (Å²) in [6.45, 7) is 0. The van der Waals surface area contributed by atoms with E-state index < -0.39 is 11.7 Å². The van der Waals surface area contributed by atoms with Crippen LogP contribution in [0.2, 0.25) is 0 Å². The predicted octanol–water partition coefficient (Wildman–Crippen LogP) is 4.36. The zero-order valence-electron chi connectivity index (χ0n) is 9.22. The summed E-state index contributed by atoms with van der Waals surface area (Å²) in [4.78, 5) is 0. The van der Waals surface area contributed by atoms with Gasteiger partial charge in [0.15, 0.2) is 0 Å². The van der Waals surface area contributed by atoms with E-state index in [-0.39, 0.29) is 5.75 Å². The number of methoxy groups -OCH3 is 1. The minimum atomic E-state index is -4.36. The molecule has 1 nitrogen and oxygen atoms in total. The van der Waals surface area contributed by atoms with Gasteiger partial charge in [-0.25, -0.2) is 0 Å². The fourth-order valence-electron chi connectivity index (χ4n) is 1.30. The number of benzene rings is 1. The largest absolute Gasteiger partial charge is 0.496 e. The summed E-state index contributed by atoms with van der Waals surface area (Å²) in [5.41, 5.74) is -0.116. The topological polar surface area (TPSA) is 9.23 Å². The van der Waals surface area contributed by atoms with Gasteiger partial charge in [0.05, 0.1) is 12.7 Å². The molecule has 0 radical (unpaired) electrons. The molecule has 0 N–H and O–H groups in total. The smallest absolute Gasteiger partial charge is 0.416 e. The van der Waals surface area contributed by atoms with Gasteiger partial charge in [-0.15, -0.1) is 11.6 Å². The number of rotatable bonds is 4. The summed E-state index contributed by atoms with van der Waals surface area (Å²) in [6, 6.07) is 3.40. The van der Waals surface area contributed by atoms with Gasteiger partial charge in [-0.05, 0) is 18.6 Å². The van der Waals surface area contributed by atoms with Crippen LogP contribution in [-0.4, -0.2) is 13.0 Å². The Morgan fingerprint density at radius 3 is 2.59 bits per heavy atom. The van der Waals surface area contributed by atoms with Gasteiger partial charge in [0.25, 0.3) is 0 Å². The molecule has 0 amide bonds. The quantitative estimate of drug-likeness (QED) is 0.735. The summed E-state index contributed by atoms with van der Waals surface area (Å²) in [6.07, 6.45) is -0.211. The van der Waals surface area contributed by atoms with Crippen LogP contribution in [0.1, 0.15) is 17.5 Å². The number of hydrogen-bond acceptors (Lipinski definition) is 1. The molecule has 94 valence electrons. The fourth-order valence-corrected chi connectivity index (χ4v) is 1.42. The van der Waals surface area contributed by atoms with Crippen molar-refractivity contribution in [3.8, 4) is 5.75 Å². The van der Waals surface area contributed by atoms with Gasteiger partial charge in [-0.3, -0.25) is 0 Å². The minimum absolute atomic E-state index is 0.200. The molecule has 0 aromatic heterocycles. The molecule has 0 aliphatic carbocycles. The first-order valence-corrected chi connectivity index (χ1v) is 5.50. The lowest BCUT2D eigenvalue weighted by Gasteiger charge is -2.10. The Hall–Kier alpha value is -1.16. The van der Waals surface area contributed by atoms with Crippen LogP contribution in [0.25, 0.3) is 6.08 Å². The molecule has 0 saturated carbocycles. The van der Waals surface area contributed by atoms with E-state index in [0.717, 1.165) is 12.1 Å². The van der Waals surface area contributed by atoms with E-state index >= 15 is 0 Å². The first-order valence-electron chi connectivity index (χ1n) is 4.96. The molecule has 5 heteroatoms. The fraction of sp³-hybridized carbons (Fsp3) is 0.333. The number of hydrogen-bond donors (Lipinski definition) is 0. The Bertz CT molecular complexity index is 399. The molecule has 1 aromatic rings. The molecule has 1 aromatic carbocycles. The Morgan fingerprint density at radius 2 is 2.06 bits per heavy atom. The second kappa shape index (κ2) is 5.96. The first-order chi connectivity index (χ1) is 7.99. The normalized spacial score (nSPS) is 12.1. The number of halogens is 4. The number of ether oxygens (including phenoxy) is 1. The van der Waals surface area contributed by atoms with Crippen LogP contribution < -0.4 is 4.74 Å². The molecule has 0 spiro atoms. The van der Waals surface area contributed by atoms with E-state index in [1.807, 2.05) is 0 Å². The van der Waals surface area contributed by atoms with Gasteiger partial charge in [-0.1, -0.05) is 18.2 Å². The standard InChI is InChI=1S/C12H12ClF3O/c1-17-11-8-10(12(14,15)16)6-5-9(11)4-2-3-7-13/h2,4-6,8H,3,7H2,1H3. The SMILES string of the molecule is COc1cc(C(F)(F)F)ccc1C=CCCCl. The molecule has 0 atom stereocenters. The summed E-state index contributed by atoms with van der Waals surface area (Å²) < 4.78 is 42.3. The van der Waals surface area contributed by atoms with Crippen LogP contribution in [0, 0.1) is 0 Å². The summed E-state index contributed by atoms with van der Waals surface area (Å²) in [7, 11) is 1.34. The molecule has 17 heavy (non-hydrogen) atoms. The van der Waals surface area contributed by atoms with E-state index in [4.69, 9.17) is 16.3 Å². The molecule has 0 saturated heterocycles. The van der Waals surface area contributed by atoms with E-state index in [1.54, 1.807) is 12.2 Å². The predicted molar refractivity (Wildman–Crippen MR) is 62.4 cm³/mol. The average molecular weight is 265 g/mol. The Labute approximate surface area is 103 Å². The monoisotopic (exact) mass is 264 g/mol. The van der Waals surface area contributed by atoms with Crippen molar-refractivity contribution >= 4 is 17.7 Å². The van der Waals surface area contributed by atoms with E-state index in [9.17, 15) is 13.2 Å². The first kappa shape index (κ1) is 13.9. The molecule has 1 rings (SSSR count). The van der Waals surface area contributed by atoms with Crippen LogP contribution in [0.15, 0.2) is 24.3 Å². The lowest BCUT2D eigenvalue weighted by Crippen LogP contribution is -2.05. The van der Waals surface area contributed by atoms with Gasteiger partial charge < -0.3 is 4.74 Å². The zero-order chi connectivity index (χ0) is 12.9. The maximum Gasteiger partial charge on any atom is 0.416 e. The summed E-state index contributed by atoms with van der Waals surface area (Å²) in [5.74, 6) is 0.671. The molecule has 0 aliphatic rings. The minimum Gasteiger partial charge on any atom is -0.496 e. The van der Waals surface area contributed by atoms with E-state index in [2.05, 4.69) is 0 Å². The van der Waals surface area contributed by atoms with Gasteiger partial charge in [0, 0.05) is 11.4 Å². The number of allylic oxidation sites excluding steroid dienone is 1. The third kappa shape index (κ3) is 3.97. The van der Waals surface area contributed by atoms with E-state index in [1.165, 1.54) is 13.2 Å². The second-order valence-electron chi connectivity index (χ2n) is 3.33. The molecular weight excluding hydrogens is 253 g/mol. The van der Waals surface area contributed by atoms with Crippen LogP contribution in [0.4, 0.5) is 13.2 Å². The van der Waals surface area contributed by atoms with Gasteiger partial charge in [0.1, 0.15) is 5.75 Å². The highest BCUT2D eigenvalue weighted by Crippen LogP contribution is 2.33. The molecule has 0 aliphatic heterocycles. The van der Waals surface area contributed by atoms with Crippen LogP contribution in [0.3, 0.4) is 0 Å². The molecular formula is C12H12ClF3O. The highest BCUT2D eigenvalue weighted by molar-refractivity contribution is 6.17. The second-order valence-corrected chi connectivity index (χ2v) is 3.71. The van der Waals surface area contributed by atoms with Crippen molar-refractivity contribution in [3.63, 3.8) is 0 Å². The third-order valence-corrected chi connectivity index (χ3v) is 2.35. The van der Waals surface area contributed by atoms with Crippen molar-refractivity contribution in [2.24, 2.45) is 0 Å².